The maximum absolute atomic E-state index is 12.2. The molecule has 1 aromatic rings. The van der Waals surface area contributed by atoms with Crippen molar-refractivity contribution in [3.63, 3.8) is 0 Å². The van der Waals surface area contributed by atoms with Gasteiger partial charge in [0.25, 0.3) is 0 Å². The maximum Gasteiger partial charge on any atom is 0.238 e. The van der Waals surface area contributed by atoms with Crippen LogP contribution >= 0.6 is 12.4 Å². The summed E-state index contributed by atoms with van der Waals surface area (Å²) in [6, 6.07) is 5.57. The lowest BCUT2D eigenvalue weighted by Gasteiger charge is -2.31. The van der Waals surface area contributed by atoms with Crippen LogP contribution in [0.4, 0.5) is 17.1 Å². The van der Waals surface area contributed by atoms with Crippen LogP contribution in [0.25, 0.3) is 0 Å². The summed E-state index contributed by atoms with van der Waals surface area (Å²) in [5, 5.41) is 2.90. The first-order valence-corrected chi connectivity index (χ1v) is 7.54. The number of benzene rings is 1. The molecule has 0 aromatic heterocycles. The van der Waals surface area contributed by atoms with Crippen LogP contribution in [-0.4, -0.2) is 49.7 Å². The van der Waals surface area contributed by atoms with Gasteiger partial charge in [-0.2, -0.15) is 8.73 Å². The number of morpholine rings is 1. The van der Waals surface area contributed by atoms with E-state index in [9.17, 15) is 4.79 Å². The minimum atomic E-state index is -0.0619. The van der Waals surface area contributed by atoms with E-state index in [0.717, 1.165) is 29.3 Å². The fourth-order valence-electron chi connectivity index (χ4n) is 2.37. The maximum atomic E-state index is 12.2. The Hall–Kier alpha value is -1.32. The second kappa shape index (κ2) is 7.80. The SMILES string of the molecule is Cl.NCC1CN(CC(=O)Nc2cccc3c2N=S=N3)CCO1. The van der Waals surface area contributed by atoms with Gasteiger partial charge in [0.05, 0.1) is 36.3 Å². The standard InChI is InChI=1S/C13H17N5O2S.ClH/c14-6-9-7-18(4-5-20-9)8-12(19)15-10-2-1-3-11-13(10)17-21-16-11;/h1-3,9H,4-8,14H2,(H,15,19);1H. The van der Waals surface area contributed by atoms with Crippen molar-refractivity contribution in [2.45, 2.75) is 6.10 Å². The molecule has 0 radical (unpaired) electrons. The van der Waals surface area contributed by atoms with E-state index in [1.165, 1.54) is 0 Å². The summed E-state index contributed by atoms with van der Waals surface area (Å²) >= 11 is 1.14. The number of ether oxygens (including phenoxy) is 1. The smallest absolute Gasteiger partial charge is 0.238 e. The van der Waals surface area contributed by atoms with Gasteiger partial charge in [-0.15, -0.1) is 12.4 Å². The summed E-state index contributed by atoms with van der Waals surface area (Å²) in [4.78, 5) is 14.2. The molecule has 0 bridgehead atoms. The Morgan fingerprint density at radius 2 is 2.36 bits per heavy atom. The van der Waals surface area contributed by atoms with Crippen molar-refractivity contribution in [3.05, 3.63) is 18.2 Å². The molecule has 0 spiro atoms. The molecule has 9 heteroatoms. The molecule has 7 nitrogen and oxygen atoms in total. The fourth-order valence-corrected chi connectivity index (χ4v) is 2.92. The Bertz CT molecular complexity index is 620. The van der Waals surface area contributed by atoms with Gasteiger partial charge >= 0.3 is 0 Å². The summed E-state index contributed by atoms with van der Waals surface area (Å²) in [6.45, 7) is 2.84. The molecule has 1 saturated heterocycles. The monoisotopic (exact) mass is 343 g/mol. The van der Waals surface area contributed by atoms with Gasteiger partial charge in [0, 0.05) is 19.6 Å². The highest BCUT2D eigenvalue weighted by Gasteiger charge is 2.21. The third-order valence-electron chi connectivity index (χ3n) is 3.41. The van der Waals surface area contributed by atoms with E-state index in [1.54, 1.807) is 0 Å². The third-order valence-corrected chi connectivity index (χ3v) is 3.96. The molecule has 22 heavy (non-hydrogen) atoms. The van der Waals surface area contributed by atoms with E-state index in [2.05, 4.69) is 18.9 Å². The van der Waals surface area contributed by atoms with E-state index in [1.807, 2.05) is 18.2 Å². The predicted molar refractivity (Wildman–Crippen MR) is 89.1 cm³/mol. The molecular weight excluding hydrogens is 326 g/mol. The lowest BCUT2D eigenvalue weighted by Crippen LogP contribution is -2.48. The van der Waals surface area contributed by atoms with Gasteiger partial charge in [0.1, 0.15) is 11.4 Å². The van der Waals surface area contributed by atoms with E-state index in [-0.39, 0.29) is 24.4 Å². The molecule has 1 amide bonds. The van der Waals surface area contributed by atoms with Crippen molar-refractivity contribution in [2.75, 3.05) is 38.1 Å². The number of fused-ring (bicyclic) bond motifs is 1. The highest BCUT2D eigenvalue weighted by Crippen LogP contribution is 2.38. The number of rotatable bonds is 4. The second-order valence-corrected chi connectivity index (χ2v) is 5.48. The summed E-state index contributed by atoms with van der Waals surface area (Å²) in [5.74, 6) is -0.0619. The summed E-state index contributed by atoms with van der Waals surface area (Å²) in [6.07, 6.45) is 0.0118. The van der Waals surface area contributed by atoms with E-state index in [4.69, 9.17) is 10.5 Å². The first-order valence-electron chi connectivity index (χ1n) is 6.81. The van der Waals surface area contributed by atoms with Gasteiger partial charge in [0.15, 0.2) is 0 Å². The minimum Gasteiger partial charge on any atom is -0.374 e. The second-order valence-electron chi connectivity index (χ2n) is 4.95. The lowest BCUT2D eigenvalue weighted by molar-refractivity contribution is -0.119. The number of nitrogens with one attached hydrogen (secondary N) is 1. The molecule has 1 unspecified atom stereocenters. The van der Waals surface area contributed by atoms with E-state index >= 15 is 0 Å². The molecule has 2 heterocycles. The van der Waals surface area contributed by atoms with Crippen LogP contribution in [0.1, 0.15) is 0 Å². The van der Waals surface area contributed by atoms with Gasteiger partial charge in [0.2, 0.25) is 5.91 Å². The molecule has 1 atom stereocenters. The molecule has 3 rings (SSSR count). The number of hydrogen-bond donors (Lipinski definition) is 2. The average molecular weight is 344 g/mol. The van der Waals surface area contributed by atoms with Crippen molar-refractivity contribution in [1.82, 2.24) is 4.90 Å². The van der Waals surface area contributed by atoms with Gasteiger partial charge in [-0.05, 0) is 12.1 Å². The highest BCUT2D eigenvalue weighted by atomic mass is 35.5. The van der Waals surface area contributed by atoms with Crippen LogP contribution in [0, 0.1) is 0 Å². The van der Waals surface area contributed by atoms with Gasteiger partial charge in [-0.3, -0.25) is 9.69 Å². The number of amides is 1. The summed E-state index contributed by atoms with van der Waals surface area (Å²) < 4.78 is 13.9. The molecule has 2 aliphatic rings. The zero-order valence-corrected chi connectivity index (χ0v) is 13.5. The zero-order chi connectivity index (χ0) is 14.7. The quantitative estimate of drug-likeness (QED) is 0.878. The minimum absolute atomic E-state index is 0. The molecular formula is C13H18ClN5O2S. The molecule has 1 aromatic carbocycles. The van der Waals surface area contributed by atoms with Crippen LogP contribution in [-0.2, 0) is 20.9 Å². The normalized spacial score (nSPS) is 20.0. The molecule has 120 valence electrons. The molecule has 2 aliphatic heterocycles. The third kappa shape index (κ3) is 3.90. The molecule has 1 fully saturated rings. The number of anilines is 1. The number of halogens is 1. The average Bonchev–Trinajstić information content (AvgIpc) is 2.97. The van der Waals surface area contributed by atoms with Gasteiger partial charge in [-0.1, -0.05) is 6.07 Å². The number of carbonyl (C=O) groups is 1. The van der Waals surface area contributed by atoms with Crippen molar-refractivity contribution in [2.24, 2.45) is 14.5 Å². The molecule has 3 N–H and O–H groups in total. The van der Waals surface area contributed by atoms with Crippen molar-refractivity contribution < 1.29 is 9.53 Å². The highest BCUT2D eigenvalue weighted by molar-refractivity contribution is 7.58. The Morgan fingerprint density at radius 1 is 1.50 bits per heavy atom. The van der Waals surface area contributed by atoms with E-state index < -0.39 is 0 Å². The first-order chi connectivity index (χ1) is 10.3. The van der Waals surface area contributed by atoms with Gasteiger partial charge in [-0.25, -0.2) is 0 Å². The van der Waals surface area contributed by atoms with Gasteiger partial charge < -0.3 is 15.8 Å². The fraction of sp³-hybridized carbons (Fsp3) is 0.462. The van der Waals surface area contributed by atoms with Crippen LogP contribution < -0.4 is 11.1 Å². The lowest BCUT2D eigenvalue weighted by atomic mass is 10.2. The Labute approximate surface area is 138 Å². The number of carbonyl (C=O) groups excluding carboxylic acids is 1. The summed E-state index contributed by atoms with van der Waals surface area (Å²) in [7, 11) is 0. The number of hydrogen-bond acceptors (Lipinski definition) is 6. The Morgan fingerprint density at radius 3 is 3.18 bits per heavy atom. The largest absolute Gasteiger partial charge is 0.374 e. The number of nitrogens with two attached hydrogens (primary N) is 1. The van der Waals surface area contributed by atoms with Crippen LogP contribution in [0.3, 0.4) is 0 Å². The van der Waals surface area contributed by atoms with Crippen molar-refractivity contribution in [1.29, 1.82) is 0 Å². The molecule has 0 saturated carbocycles. The number of nitrogens with zero attached hydrogens (tertiary/aromatic N) is 3. The topological polar surface area (TPSA) is 92.3 Å². The van der Waals surface area contributed by atoms with E-state index in [0.29, 0.717) is 31.9 Å². The Kier molecular flexibility index (Phi) is 6.04. The summed E-state index contributed by atoms with van der Waals surface area (Å²) in [5.41, 5.74) is 7.84. The first kappa shape index (κ1) is 17.0. The van der Waals surface area contributed by atoms with Crippen LogP contribution in [0.2, 0.25) is 0 Å². The molecule has 0 aliphatic carbocycles. The predicted octanol–water partition coefficient (Wildman–Crippen LogP) is 1.43. The Balaban J connectivity index is 0.00000176. The van der Waals surface area contributed by atoms with Crippen molar-refractivity contribution in [3.8, 4) is 0 Å². The zero-order valence-electron chi connectivity index (χ0n) is 11.9. The van der Waals surface area contributed by atoms with Crippen LogP contribution in [0.5, 0.6) is 0 Å². The van der Waals surface area contributed by atoms with Crippen LogP contribution in [0.15, 0.2) is 26.9 Å². The van der Waals surface area contributed by atoms with Crippen molar-refractivity contribution >= 4 is 46.7 Å².